The van der Waals surface area contributed by atoms with Gasteiger partial charge in [-0.2, -0.15) is 0 Å². The van der Waals surface area contributed by atoms with Crippen molar-refractivity contribution < 1.29 is 13.9 Å². The van der Waals surface area contributed by atoms with Crippen LogP contribution in [0, 0.1) is 0 Å². The van der Waals surface area contributed by atoms with Gasteiger partial charge in [0.25, 0.3) is 0 Å². The lowest BCUT2D eigenvalue weighted by molar-refractivity contribution is -0.130. The van der Waals surface area contributed by atoms with Gasteiger partial charge in [-0.3, -0.25) is 4.79 Å². The van der Waals surface area contributed by atoms with E-state index < -0.39 is 0 Å². The molecule has 0 atom stereocenters. The molecule has 0 spiro atoms. The molecule has 0 aliphatic heterocycles. The highest BCUT2D eigenvalue weighted by Gasteiger charge is 2.10. The average Bonchev–Trinajstić information content (AvgIpc) is 2.98. The number of carbonyl (C=O) groups excluding carboxylic acids is 1. The minimum Gasteiger partial charge on any atom is -0.497 e. The van der Waals surface area contributed by atoms with Gasteiger partial charge in [0.1, 0.15) is 11.5 Å². The number of amides is 1. The van der Waals surface area contributed by atoms with Gasteiger partial charge in [0.15, 0.2) is 0 Å². The maximum absolute atomic E-state index is 12.0. The molecule has 1 aromatic heterocycles. The molecule has 0 aliphatic rings. The van der Waals surface area contributed by atoms with Crippen LogP contribution in [-0.2, 0) is 17.8 Å². The molecule has 2 aromatic rings. The second-order valence-electron chi connectivity index (χ2n) is 4.68. The maximum Gasteiger partial charge on any atom is 0.223 e. The summed E-state index contributed by atoms with van der Waals surface area (Å²) in [6.07, 6.45) is 2.83. The van der Waals surface area contributed by atoms with Crippen LogP contribution in [-0.4, -0.2) is 25.0 Å². The van der Waals surface area contributed by atoms with Gasteiger partial charge in [0.05, 0.1) is 19.9 Å². The quantitative estimate of drug-likeness (QED) is 0.812. The Morgan fingerprint density at radius 3 is 2.60 bits per heavy atom. The fraction of sp³-hybridized carbons (Fsp3) is 0.312. The topological polar surface area (TPSA) is 42.7 Å². The first kappa shape index (κ1) is 14.2. The molecule has 0 fully saturated rings. The van der Waals surface area contributed by atoms with Crippen molar-refractivity contribution >= 4 is 5.91 Å². The number of furan rings is 1. The van der Waals surface area contributed by atoms with Crippen molar-refractivity contribution in [2.75, 3.05) is 14.2 Å². The number of hydrogen-bond donors (Lipinski definition) is 0. The number of ether oxygens (including phenoxy) is 1. The standard InChI is InChI=1S/C16H19NO3/c1-17(12-15-4-3-11-20-15)16(18)10-7-13-5-8-14(19-2)9-6-13/h3-6,8-9,11H,7,10,12H2,1-2H3. The van der Waals surface area contributed by atoms with E-state index in [1.54, 1.807) is 25.3 Å². The van der Waals surface area contributed by atoms with Gasteiger partial charge in [-0.15, -0.1) is 0 Å². The van der Waals surface area contributed by atoms with Gasteiger partial charge in [-0.1, -0.05) is 12.1 Å². The number of rotatable bonds is 6. The Balaban J connectivity index is 1.81. The first-order valence-electron chi connectivity index (χ1n) is 6.58. The van der Waals surface area contributed by atoms with E-state index in [4.69, 9.17) is 9.15 Å². The van der Waals surface area contributed by atoms with Gasteiger partial charge < -0.3 is 14.1 Å². The van der Waals surface area contributed by atoms with Crippen LogP contribution in [0.5, 0.6) is 5.75 Å². The average molecular weight is 273 g/mol. The SMILES string of the molecule is COc1ccc(CCC(=O)N(C)Cc2ccco2)cc1. The van der Waals surface area contributed by atoms with E-state index in [2.05, 4.69) is 0 Å². The third-order valence-corrected chi connectivity index (χ3v) is 3.19. The number of methoxy groups -OCH3 is 1. The van der Waals surface area contributed by atoms with Crippen molar-refractivity contribution in [3.8, 4) is 5.75 Å². The molecule has 0 bridgehead atoms. The number of aryl methyl sites for hydroxylation is 1. The van der Waals surface area contributed by atoms with Crippen LogP contribution in [0.25, 0.3) is 0 Å². The van der Waals surface area contributed by atoms with E-state index in [0.29, 0.717) is 13.0 Å². The number of nitrogens with zero attached hydrogens (tertiary/aromatic N) is 1. The summed E-state index contributed by atoms with van der Waals surface area (Å²) in [7, 11) is 3.43. The predicted molar refractivity (Wildman–Crippen MR) is 76.5 cm³/mol. The Bertz CT molecular complexity index is 531. The Morgan fingerprint density at radius 1 is 1.25 bits per heavy atom. The van der Waals surface area contributed by atoms with Crippen molar-refractivity contribution in [3.05, 3.63) is 54.0 Å². The zero-order valence-electron chi connectivity index (χ0n) is 11.8. The molecule has 0 aliphatic carbocycles. The first-order valence-corrected chi connectivity index (χ1v) is 6.58. The van der Waals surface area contributed by atoms with Crippen LogP contribution in [0.3, 0.4) is 0 Å². The van der Waals surface area contributed by atoms with Gasteiger partial charge in [0, 0.05) is 13.5 Å². The third-order valence-electron chi connectivity index (χ3n) is 3.19. The highest BCUT2D eigenvalue weighted by molar-refractivity contribution is 5.76. The summed E-state index contributed by atoms with van der Waals surface area (Å²) in [5.41, 5.74) is 1.13. The third kappa shape index (κ3) is 3.88. The summed E-state index contributed by atoms with van der Waals surface area (Å²) in [5, 5.41) is 0. The molecule has 4 heteroatoms. The fourth-order valence-electron chi connectivity index (χ4n) is 1.96. The van der Waals surface area contributed by atoms with Crippen molar-refractivity contribution in [2.24, 2.45) is 0 Å². The van der Waals surface area contributed by atoms with Gasteiger partial charge in [-0.25, -0.2) is 0 Å². The van der Waals surface area contributed by atoms with Crippen LogP contribution >= 0.6 is 0 Å². The van der Waals surface area contributed by atoms with Crippen molar-refractivity contribution in [1.82, 2.24) is 4.90 Å². The zero-order valence-corrected chi connectivity index (χ0v) is 11.8. The minimum absolute atomic E-state index is 0.109. The van der Waals surface area contributed by atoms with Gasteiger partial charge in [-0.05, 0) is 36.2 Å². The molecule has 0 radical (unpaired) electrons. The summed E-state index contributed by atoms with van der Waals surface area (Å²) in [5.74, 6) is 1.73. The predicted octanol–water partition coefficient (Wildman–Crippen LogP) is 2.88. The zero-order chi connectivity index (χ0) is 14.4. The summed E-state index contributed by atoms with van der Waals surface area (Å²) >= 11 is 0. The molecule has 0 saturated heterocycles. The molecule has 0 N–H and O–H groups in total. The van der Waals surface area contributed by atoms with Gasteiger partial charge >= 0.3 is 0 Å². The van der Waals surface area contributed by atoms with E-state index >= 15 is 0 Å². The van der Waals surface area contributed by atoms with Crippen molar-refractivity contribution in [2.45, 2.75) is 19.4 Å². The van der Waals surface area contributed by atoms with Gasteiger partial charge in [0.2, 0.25) is 5.91 Å². The first-order chi connectivity index (χ1) is 9.69. The number of benzene rings is 1. The van der Waals surface area contributed by atoms with E-state index in [1.165, 1.54) is 0 Å². The summed E-state index contributed by atoms with van der Waals surface area (Å²) in [6.45, 7) is 0.508. The molecule has 106 valence electrons. The molecular formula is C16H19NO3. The summed E-state index contributed by atoms with van der Waals surface area (Å²) in [6, 6.07) is 11.5. The molecule has 1 amide bonds. The second kappa shape index (κ2) is 6.80. The van der Waals surface area contributed by atoms with E-state index in [0.717, 1.165) is 23.5 Å². The van der Waals surface area contributed by atoms with Crippen LogP contribution < -0.4 is 4.74 Å². The Kier molecular flexibility index (Phi) is 4.82. The lowest BCUT2D eigenvalue weighted by atomic mass is 10.1. The molecule has 1 heterocycles. The van der Waals surface area contributed by atoms with Crippen molar-refractivity contribution in [1.29, 1.82) is 0 Å². The minimum atomic E-state index is 0.109. The molecule has 0 unspecified atom stereocenters. The van der Waals surface area contributed by atoms with E-state index in [1.807, 2.05) is 36.4 Å². The van der Waals surface area contributed by atoms with E-state index in [-0.39, 0.29) is 5.91 Å². The van der Waals surface area contributed by atoms with Crippen LogP contribution in [0.1, 0.15) is 17.7 Å². The maximum atomic E-state index is 12.0. The van der Waals surface area contributed by atoms with Crippen LogP contribution in [0.2, 0.25) is 0 Å². The Labute approximate surface area is 119 Å². The molecule has 20 heavy (non-hydrogen) atoms. The van der Waals surface area contributed by atoms with E-state index in [9.17, 15) is 4.79 Å². The Morgan fingerprint density at radius 2 is 2.00 bits per heavy atom. The summed E-state index contributed by atoms with van der Waals surface area (Å²) < 4.78 is 10.3. The van der Waals surface area contributed by atoms with Crippen LogP contribution in [0.15, 0.2) is 47.1 Å². The molecule has 1 aromatic carbocycles. The highest BCUT2D eigenvalue weighted by Crippen LogP contribution is 2.13. The monoisotopic (exact) mass is 273 g/mol. The molecule has 0 saturated carbocycles. The normalized spacial score (nSPS) is 10.3. The lowest BCUT2D eigenvalue weighted by Gasteiger charge is -2.15. The summed E-state index contributed by atoms with van der Waals surface area (Å²) in [4.78, 5) is 13.7. The molecule has 2 rings (SSSR count). The molecular weight excluding hydrogens is 254 g/mol. The molecule has 4 nitrogen and oxygen atoms in total. The fourth-order valence-corrected chi connectivity index (χ4v) is 1.96. The number of hydrogen-bond acceptors (Lipinski definition) is 3. The Hall–Kier alpha value is -2.23. The highest BCUT2D eigenvalue weighted by atomic mass is 16.5. The smallest absolute Gasteiger partial charge is 0.223 e. The van der Waals surface area contributed by atoms with Crippen molar-refractivity contribution in [3.63, 3.8) is 0 Å². The second-order valence-corrected chi connectivity index (χ2v) is 4.68. The van der Waals surface area contributed by atoms with Crippen LogP contribution in [0.4, 0.5) is 0 Å². The lowest BCUT2D eigenvalue weighted by Crippen LogP contribution is -2.26. The number of carbonyl (C=O) groups is 1. The largest absolute Gasteiger partial charge is 0.497 e.